The second kappa shape index (κ2) is 6.49. The first kappa shape index (κ1) is 15.2. The first-order valence-corrected chi connectivity index (χ1v) is 7.72. The Bertz CT molecular complexity index is 603. The quantitative estimate of drug-likeness (QED) is 0.862. The number of nitrogens with zero attached hydrogens (tertiary/aromatic N) is 2. The normalized spacial score (nSPS) is 10.7. The van der Waals surface area contributed by atoms with Crippen LogP contribution in [-0.2, 0) is 6.54 Å². The molecule has 2 aromatic rings. The van der Waals surface area contributed by atoms with Crippen LogP contribution in [0.25, 0.3) is 0 Å². The van der Waals surface area contributed by atoms with Gasteiger partial charge in [0.1, 0.15) is 0 Å². The van der Waals surface area contributed by atoms with E-state index in [-0.39, 0.29) is 11.6 Å². The van der Waals surface area contributed by atoms with E-state index in [4.69, 9.17) is 0 Å². The summed E-state index contributed by atoms with van der Waals surface area (Å²) in [6.45, 7) is 2.86. The highest BCUT2D eigenvalue weighted by Crippen LogP contribution is 2.25. The summed E-state index contributed by atoms with van der Waals surface area (Å²) in [4.78, 5) is 5.68. The highest BCUT2D eigenvalue weighted by molar-refractivity contribution is 9.11. The number of thiophene rings is 1. The van der Waals surface area contributed by atoms with Crippen LogP contribution in [0.5, 0.6) is 0 Å². The molecule has 0 aliphatic rings. The third kappa shape index (κ3) is 3.46. The minimum atomic E-state index is -0.681. The summed E-state index contributed by atoms with van der Waals surface area (Å²) >= 11 is 4.95. The Morgan fingerprint density at radius 1 is 1.35 bits per heavy atom. The third-order valence-electron chi connectivity index (χ3n) is 2.66. The topological polar surface area (TPSA) is 28.2 Å². The molecule has 0 unspecified atom stereocenters. The molecule has 7 heteroatoms. The van der Waals surface area contributed by atoms with Crippen molar-refractivity contribution in [2.75, 3.05) is 23.8 Å². The Balaban J connectivity index is 2.24. The van der Waals surface area contributed by atoms with Crippen molar-refractivity contribution in [3.8, 4) is 0 Å². The number of hydrogen-bond acceptors (Lipinski definition) is 4. The number of aromatic nitrogens is 1. The Kier molecular flexibility index (Phi) is 4.93. The van der Waals surface area contributed by atoms with Gasteiger partial charge in [-0.05, 0) is 39.9 Å². The fourth-order valence-electron chi connectivity index (χ4n) is 1.79. The average Bonchev–Trinajstić information content (AvgIpc) is 2.78. The molecule has 0 aliphatic carbocycles. The predicted molar refractivity (Wildman–Crippen MR) is 82.4 cm³/mol. The summed E-state index contributed by atoms with van der Waals surface area (Å²) < 4.78 is 28.4. The lowest BCUT2D eigenvalue weighted by Gasteiger charge is -2.19. The molecule has 0 amide bonds. The van der Waals surface area contributed by atoms with Crippen LogP contribution in [0.3, 0.4) is 0 Å². The SMILES string of the molecule is CCNc1nc(N(C)Cc2csc(Br)c2)c(F)cc1F. The molecule has 2 heterocycles. The van der Waals surface area contributed by atoms with Crippen molar-refractivity contribution in [3.05, 3.63) is 38.5 Å². The molecule has 0 saturated carbocycles. The van der Waals surface area contributed by atoms with Gasteiger partial charge in [-0.25, -0.2) is 13.8 Å². The minimum Gasteiger partial charge on any atom is -0.368 e. The number of hydrogen-bond donors (Lipinski definition) is 1. The van der Waals surface area contributed by atoms with Crippen molar-refractivity contribution in [2.24, 2.45) is 0 Å². The average molecular weight is 362 g/mol. The van der Waals surface area contributed by atoms with E-state index < -0.39 is 11.6 Å². The van der Waals surface area contributed by atoms with Gasteiger partial charge in [-0.1, -0.05) is 0 Å². The van der Waals surface area contributed by atoms with Gasteiger partial charge in [0.25, 0.3) is 0 Å². The standard InChI is InChI=1S/C13H14BrF2N3S/c1-3-17-12-9(15)5-10(16)13(18-12)19(2)6-8-4-11(14)20-7-8/h4-5,7H,3,6H2,1-2H3,(H,17,18). The zero-order chi connectivity index (χ0) is 14.7. The lowest BCUT2D eigenvalue weighted by atomic mass is 10.3. The molecule has 0 bridgehead atoms. The second-order valence-corrected chi connectivity index (χ2v) is 6.56. The Hall–Kier alpha value is -1.21. The predicted octanol–water partition coefficient (Wildman–Crippen LogP) is 4.25. The van der Waals surface area contributed by atoms with Gasteiger partial charge in [-0.3, -0.25) is 0 Å². The van der Waals surface area contributed by atoms with E-state index in [1.54, 1.807) is 23.3 Å². The molecule has 0 radical (unpaired) electrons. The Morgan fingerprint density at radius 3 is 2.70 bits per heavy atom. The number of anilines is 2. The molecule has 0 fully saturated rings. The molecule has 0 aromatic carbocycles. The molecule has 3 nitrogen and oxygen atoms in total. The van der Waals surface area contributed by atoms with E-state index in [2.05, 4.69) is 26.2 Å². The fourth-order valence-corrected chi connectivity index (χ4v) is 2.99. The largest absolute Gasteiger partial charge is 0.368 e. The summed E-state index contributed by atoms with van der Waals surface area (Å²) in [5, 5.41) is 4.76. The molecule has 20 heavy (non-hydrogen) atoms. The molecule has 2 rings (SSSR count). The second-order valence-electron chi connectivity index (χ2n) is 4.27. The van der Waals surface area contributed by atoms with E-state index in [1.807, 2.05) is 18.4 Å². The lowest BCUT2D eigenvalue weighted by molar-refractivity contribution is 0.572. The van der Waals surface area contributed by atoms with Gasteiger partial charge in [0.15, 0.2) is 23.3 Å². The number of halogens is 3. The zero-order valence-electron chi connectivity index (χ0n) is 11.1. The van der Waals surface area contributed by atoms with Crippen molar-refractivity contribution in [2.45, 2.75) is 13.5 Å². The monoisotopic (exact) mass is 361 g/mol. The number of nitrogens with one attached hydrogen (secondary N) is 1. The molecular weight excluding hydrogens is 348 g/mol. The van der Waals surface area contributed by atoms with Crippen molar-refractivity contribution < 1.29 is 8.78 Å². The van der Waals surface area contributed by atoms with Crippen LogP contribution in [0.15, 0.2) is 21.3 Å². The lowest BCUT2D eigenvalue weighted by Crippen LogP contribution is -2.20. The highest BCUT2D eigenvalue weighted by Gasteiger charge is 2.15. The molecule has 1 N–H and O–H groups in total. The molecular formula is C13H14BrF2N3S. The van der Waals surface area contributed by atoms with Crippen LogP contribution in [-0.4, -0.2) is 18.6 Å². The third-order valence-corrected chi connectivity index (χ3v) is 4.21. The first-order chi connectivity index (χ1) is 9.51. The molecule has 0 atom stereocenters. The number of pyridine rings is 1. The Morgan fingerprint density at radius 2 is 2.10 bits per heavy atom. The van der Waals surface area contributed by atoms with Crippen LogP contribution >= 0.6 is 27.3 Å². The summed E-state index contributed by atoms with van der Waals surface area (Å²) in [7, 11) is 1.73. The maximum absolute atomic E-state index is 13.9. The van der Waals surface area contributed by atoms with Crippen LogP contribution in [0.1, 0.15) is 12.5 Å². The number of rotatable bonds is 5. The molecule has 0 aliphatic heterocycles. The van der Waals surface area contributed by atoms with Gasteiger partial charge >= 0.3 is 0 Å². The van der Waals surface area contributed by atoms with Gasteiger partial charge in [0.05, 0.1) is 3.79 Å². The van der Waals surface area contributed by atoms with Gasteiger partial charge in [0.2, 0.25) is 0 Å². The summed E-state index contributed by atoms with van der Waals surface area (Å²) in [6.07, 6.45) is 0. The summed E-state index contributed by atoms with van der Waals surface area (Å²) in [6, 6.07) is 2.83. The summed E-state index contributed by atoms with van der Waals surface area (Å²) in [5.41, 5.74) is 1.04. The van der Waals surface area contributed by atoms with Crippen LogP contribution in [0.2, 0.25) is 0 Å². The van der Waals surface area contributed by atoms with Crippen LogP contribution in [0.4, 0.5) is 20.4 Å². The van der Waals surface area contributed by atoms with E-state index in [0.717, 1.165) is 15.4 Å². The van der Waals surface area contributed by atoms with Gasteiger partial charge < -0.3 is 10.2 Å². The van der Waals surface area contributed by atoms with E-state index >= 15 is 0 Å². The van der Waals surface area contributed by atoms with Crippen molar-refractivity contribution >= 4 is 38.9 Å². The van der Waals surface area contributed by atoms with Gasteiger partial charge in [-0.2, -0.15) is 0 Å². The zero-order valence-corrected chi connectivity index (χ0v) is 13.5. The van der Waals surface area contributed by atoms with Crippen molar-refractivity contribution in [1.29, 1.82) is 0 Å². The van der Waals surface area contributed by atoms with Crippen LogP contribution < -0.4 is 10.2 Å². The maximum atomic E-state index is 13.9. The van der Waals surface area contributed by atoms with Gasteiger partial charge in [0, 0.05) is 26.2 Å². The van der Waals surface area contributed by atoms with Crippen molar-refractivity contribution in [3.63, 3.8) is 0 Å². The highest BCUT2D eigenvalue weighted by atomic mass is 79.9. The van der Waals surface area contributed by atoms with E-state index in [1.165, 1.54) is 0 Å². The smallest absolute Gasteiger partial charge is 0.168 e. The Labute approximate surface area is 128 Å². The van der Waals surface area contributed by atoms with Crippen molar-refractivity contribution in [1.82, 2.24) is 4.98 Å². The fraction of sp³-hybridized carbons (Fsp3) is 0.308. The molecule has 2 aromatic heterocycles. The van der Waals surface area contributed by atoms with Gasteiger partial charge in [-0.15, -0.1) is 11.3 Å². The summed E-state index contributed by atoms with van der Waals surface area (Å²) in [5.74, 6) is -1.15. The minimum absolute atomic E-state index is 0.0715. The molecule has 0 spiro atoms. The molecule has 108 valence electrons. The maximum Gasteiger partial charge on any atom is 0.168 e. The molecule has 0 saturated heterocycles. The van der Waals surface area contributed by atoms with Crippen LogP contribution in [0, 0.1) is 11.6 Å². The first-order valence-electron chi connectivity index (χ1n) is 6.05. The van der Waals surface area contributed by atoms with E-state index in [9.17, 15) is 8.78 Å². The van der Waals surface area contributed by atoms with E-state index in [0.29, 0.717) is 13.1 Å².